The summed E-state index contributed by atoms with van der Waals surface area (Å²) in [6.07, 6.45) is 5.00. The fourth-order valence-electron chi connectivity index (χ4n) is 4.72. The Morgan fingerprint density at radius 3 is 2.52 bits per heavy atom. The fraction of sp³-hybridized carbons (Fsp3) is 0.360. The van der Waals surface area contributed by atoms with E-state index in [0.717, 1.165) is 46.4 Å². The highest BCUT2D eigenvalue weighted by molar-refractivity contribution is 7.22. The van der Waals surface area contributed by atoms with Gasteiger partial charge in [0, 0.05) is 0 Å². The molecule has 0 unspecified atom stereocenters. The van der Waals surface area contributed by atoms with Crippen molar-refractivity contribution in [3.63, 3.8) is 0 Å². The Balaban J connectivity index is 1.47. The van der Waals surface area contributed by atoms with Crippen molar-refractivity contribution in [2.24, 2.45) is 0 Å². The number of nitrogens with one attached hydrogen (secondary N) is 1. The number of para-hydroxylation sites is 1. The Labute approximate surface area is 196 Å². The lowest BCUT2D eigenvalue weighted by Gasteiger charge is -2.30. The number of imide groups is 1. The first-order valence-electron chi connectivity index (χ1n) is 11.4. The third-order valence-electron chi connectivity index (χ3n) is 6.57. The molecule has 1 aliphatic carbocycles. The molecule has 2 aliphatic rings. The number of amides is 4. The molecule has 33 heavy (non-hydrogen) atoms. The van der Waals surface area contributed by atoms with Gasteiger partial charge in [-0.25, -0.2) is 9.78 Å². The number of urea groups is 1. The molecule has 1 aliphatic heterocycles. The Morgan fingerprint density at radius 2 is 1.82 bits per heavy atom. The van der Waals surface area contributed by atoms with Gasteiger partial charge in [0.25, 0.3) is 11.8 Å². The number of carbonyl (C=O) groups is 3. The molecule has 2 heterocycles. The second-order valence-corrected chi connectivity index (χ2v) is 9.69. The number of nitrogens with zero attached hydrogens (tertiary/aromatic N) is 3. The summed E-state index contributed by atoms with van der Waals surface area (Å²) in [6.45, 7) is 1.75. The molecule has 1 saturated carbocycles. The number of rotatable bonds is 5. The maximum Gasteiger partial charge on any atom is 0.325 e. The highest BCUT2D eigenvalue weighted by Gasteiger charge is 2.52. The molecule has 170 valence electrons. The predicted octanol–water partition coefficient (Wildman–Crippen LogP) is 4.78. The van der Waals surface area contributed by atoms with Crippen LogP contribution in [-0.2, 0) is 16.0 Å². The third-order valence-corrected chi connectivity index (χ3v) is 7.59. The van der Waals surface area contributed by atoms with Crippen LogP contribution in [0.25, 0.3) is 10.2 Å². The van der Waals surface area contributed by atoms with Crippen molar-refractivity contribution < 1.29 is 14.4 Å². The molecular weight excluding hydrogens is 436 g/mol. The van der Waals surface area contributed by atoms with Gasteiger partial charge < -0.3 is 5.32 Å². The van der Waals surface area contributed by atoms with Crippen LogP contribution in [0.5, 0.6) is 0 Å². The number of thiazole rings is 1. The lowest BCUT2D eigenvalue weighted by molar-refractivity contribution is -0.135. The van der Waals surface area contributed by atoms with E-state index in [1.807, 2.05) is 48.5 Å². The van der Waals surface area contributed by atoms with Gasteiger partial charge in [-0.3, -0.25) is 19.4 Å². The second-order valence-electron chi connectivity index (χ2n) is 8.68. The molecule has 7 nitrogen and oxygen atoms in total. The van der Waals surface area contributed by atoms with Gasteiger partial charge in [0.05, 0.1) is 15.9 Å². The predicted molar refractivity (Wildman–Crippen MR) is 129 cm³/mol. The van der Waals surface area contributed by atoms with Crippen LogP contribution in [0.4, 0.5) is 15.6 Å². The van der Waals surface area contributed by atoms with E-state index in [2.05, 4.69) is 17.2 Å². The Hall–Kier alpha value is -3.26. The number of aryl methyl sites for hydroxylation is 1. The quantitative estimate of drug-likeness (QED) is 0.553. The van der Waals surface area contributed by atoms with E-state index in [1.54, 1.807) is 0 Å². The molecule has 5 rings (SSSR count). The average molecular weight is 463 g/mol. The zero-order valence-electron chi connectivity index (χ0n) is 18.5. The minimum absolute atomic E-state index is 0.286. The molecule has 1 saturated heterocycles. The van der Waals surface area contributed by atoms with Crippen molar-refractivity contribution in [2.75, 3.05) is 11.4 Å². The third kappa shape index (κ3) is 3.88. The summed E-state index contributed by atoms with van der Waals surface area (Å²) in [5.41, 5.74) is 1.77. The van der Waals surface area contributed by atoms with E-state index in [1.165, 1.54) is 16.2 Å². The lowest BCUT2D eigenvalue weighted by Crippen LogP contribution is -2.49. The van der Waals surface area contributed by atoms with Crippen molar-refractivity contribution in [3.05, 3.63) is 54.1 Å². The summed E-state index contributed by atoms with van der Waals surface area (Å²) in [7, 11) is 0. The zero-order valence-corrected chi connectivity index (χ0v) is 19.4. The van der Waals surface area contributed by atoms with Gasteiger partial charge in [0.1, 0.15) is 12.1 Å². The molecule has 2 aromatic carbocycles. The zero-order chi connectivity index (χ0) is 23.0. The van der Waals surface area contributed by atoms with Crippen molar-refractivity contribution >= 4 is 50.2 Å². The number of hydrogen-bond acceptors (Lipinski definition) is 5. The maximum absolute atomic E-state index is 13.6. The molecule has 8 heteroatoms. The number of hydrogen-bond donors (Lipinski definition) is 1. The highest BCUT2D eigenvalue weighted by Crippen LogP contribution is 2.36. The number of carbonyl (C=O) groups excluding carboxylic acids is 3. The standard InChI is InChI=1S/C25H26N4O3S/c1-2-17-10-12-18(13-11-17)29(24-26-19-8-4-5-9-20(19)33-24)21(30)16-28-22(31)25(27-23(28)32)14-6-3-7-15-25/h4-5,8-13H,2-3,6-7,14-16H2,1H3,(H,27,32). The van der Waals surface area contributed by atoms with Gasteiger partial charge in [0.15, 0.2) is 5.13 Å². The van der Waals surface area contributed by atoms with Crippen LogP contribution < -0.4 is 10.2 Å². The first kappa shape index (κ1) is 21.6. The lowest BCUT2D eigenvalue weighted by atomic mass is 9.82. The fourth-order valence-corrected chi connectivity index (χ4v) is 5.72. The van der Waals surface area contributed by atoms with Gasteiger partial charge in [-0.15, -0.1) is 0 Å². The number of aromatic nitrogens is 1. The summed E-state index contributed by atoms with van der Waals surface area (Å²) < 4.78 is 0.964. The molecular formula is C25H26N4O3S. The number of fused-ring (bicyclic) bond motifs is 1. The Kier molecular flexibility index (Phi) is 5.62. The van der Waals surface area contributed by atoms with Gasteiger partial charge in [-0.1, -0.05) is 61.8 Å². The van der Waals surface area contributed by atoms with Crippen molar-refractivity contribution in [1.82, 2.24) is 15.2 Å². The van der Waals surface area contributed by atoms with Crippen LogP contribution >= 0.6 is 11.3 Å². The smallest absolute Gasteiger partial charge is 0.323 e. The van der Waals surface area contributed by atoms with Crippen LogP contribution in [0.2, 0.25) is 0 Å². The minimum atomic E-state index is -0.848. The van der Waals surface area contributed by atoms with E-state index in [4.69, 9.17) is 0 Å². The summed E-state index contributed by atoms with van der Waals surface area (Å²) in [5.74, 6) is -0.652. The molecule has 0 atom stereocenters. The van der Waals surface area contributed by atoms with E-state index < -0.39 is 11.6 Å². The molecule has 3 aromatic rings. The summed E-state index contributed by atoms with van der Waals surface area (Å²) in [5, 5.41) is 3.40. The Morgan fingerprint density at radius 1 is 1.09 bits per heavy atom. The first-order chi connectivity index (χ1) is 16.0. The van der Waals surface area contributed by atoms with Crippen LogP contribution in [0, 0.1) is 0 Å². The van der Waals surface area contributed by atoms with Crippen molar-refractivity contribution in [2.45, 2.75) is 51.0 Å². The van der Waals surface area contributed by atoms with Gasteiger partial charge in [0.2, 0.25) is 0 Å². The Bertz CT molecular complexity index is 1180. The maximum atomic E-state index is 13.6. The van der Waals surface area contributed by atoms with E-state index in [-0.39, 0.29) is 18.4 Å². The summed E-state index contributed by atoms with van der Waals surface area (Å²) in [6, 6.07) is 15.0. The van der Waals surface area contributed by atoms with E-state index >= 15 is 0 Å². The highest BCUT2D eigenvalue weighted by atomic mass is 32.1. The molecule has 1 N–H and O–H groups in total. The molecule has 0 radical (unpaired) electrons. The monoisotopic (exact) mass is 462 g/mol. The van der Waals surface area contributed by atoms with Crippen molar-refractivity contribution in [3.8, 4) is 0 Å². The molecule has 1 aromatic heterocycles. The first-order valence-corrected chi connectivity index (χ1v) is 12.2. The topological polar surface area (TPSA) is 82.6 Å². The van der Waals surface area contributed by atoms with Crippen LogP contribution in [0.15, 0.2) is 48.5 Å². The largest absolute Gasteiger partial charge is 0.325 e. The van der Waals surface area contributed by atoms with E-state index in [9.17, 15) is 14.4 Å². The number of anilines is 2. The average Bonchev–Trinajstić information content (AvgIpc) is 3.35. The van der Waals surface area contributed by atoms with Crippen LogP contribution in [0.3, 0.4) is 0 Å². The van der Waals surface area contributed by atoms with E-state index in [0.29, 0.717) is 23.7 Å². The van der Waals surface area contributed by atoms with Crippen LogP contribution in [0.1, 0.15) is 44.6 Å². The summed E-state index contributed by atoms with van der Waals surface area (Å²) in [4.78, 5) is 46.8. The minimum Gasteiger partial charge on any atom is -0.323 e. The van der Waals surface area contributed by atoms with Gasteiger partial charge in [-0.2, -0.15) is 0 Å². The van der Waals surface area contributed by atoms with Crippen molar-refractivity contribution in [1.29, 1.82) is 0 Å². The normalized spacial score (nSPS) is 17.5. The van der Waals surface area contributed by atoms with Crippen LogP contribution in [-0.4, -0.2) is 39.8 Å². The molecule has 4 amide bonds. The number of benzene rings is 2. The summed E-state index contributed by atoms with van der Waals surface area (Å²) >= 11 is 1.41. The molecule has 1 spiro atoms. The molecule has 0 bridgehead atoms. The SMILES string of the molecule is CCc1ccc(N(C(=O)CN2C(=O)NC3(CCCCC3)C2=O)c2nc3ccccc3s2)cc1. The second kappa shape index (κ2) is 8.59. The van der Waals surface area contributed by atoms with Gasteiger partial charge in [-0.05, 0) is 49.1 Å². The van der Waals surface area contributed by atoms with Gasteiger partial charge >= 0.3 is 6.03 Å². The molecule has 2 fully saturated rings.